The Morgan fingerprint density at radius 1 is 1.33 bits per heavy atom. The number of ether oxygens (including phenoxy) is 1. The maximum absolute atomic E-state index is 6.61. The highest BCUT2D eigenvalue weighted by molar-refractivity contribution is 7.10. The van der Waals surface area contributed by atoms with E-state index in [4.69, 9.17) is 15.5 Å². The highest BCUT2D eigenvalue weighted by Gasteiger charge is 2.34. The van der Waals surface area contributed by atoms with Crippen LogP contribution in [0.5, 0.6) is 5.75 Å². The zero-order chi connectivity index (χ0) is 14.9. The van der Waals surface area contributed by atoms with Crippen molar-refractivity contribution < 1.29 is 4.74 Å². The van der Waals surface area contributed by atoms with E-state index in [9.17, 15) is 0 Å². The third-order valence-corrected chi connectivity index (χ3v) is 5.52. The fraction of sp³-hybridized carbons (Fsp3) is 0.471. The molecule has 4 heteroatoms. The summed E-state index contributed by atoms with van der Waals surface area (Å²) in [4.78, 5) is 4.81. The third-order valence-electron chi connectivity index (χ3n) is 4.46. The summed E-state index contributed by atoms with van der Waals surface area (Å²) in [5.41, 5.74) is 8.47. The molecule has 0 bridgehead atoms. The number of methoxy groups -OCH3 is 1. The van der Waals surface area contributed by atoms with E-state index in [0.717, 1.165) is 40.8 Å². The van der Waals surface area contributed by atoms with Gasteiger partial charge in [0.1, 0.15) is 10.8 Å². The number of rotatable bonds is 3. The number of benzene rings is 1. The molecule has 0 aliphatic heterocycles. The van der Waals surface area contributed by atoms with Crippen molar-refractivity contribution in [1.29, 1.82) is 0 Å². The molecule has 2 aromatic rings. The minimum Gasteiger partial charge on any atom is -0.497 e. The van der Waals surface area contributed by atoms with Gasteiger partial charge in [-0.1, -0.05) is 19.1 Å². The molecular weight excluding hydrogens is 280 g/mol. The molecule has 2 N–H and O–H groups in total. The Kier molecular flexibility index (Phi) is 4.00. The van der Waals surface area contributed by atoms with Gasteiger partial charge in [0, 0.05) is 10.9 Å². The zero-order valence-corrected chi connectivity index (χ0v) is 13.5. The Balaban J connectivity index is 1.86. The number of nitrogens with zero attached hydrogens (tertiary/aromatic N) is 1. The molecule has 21 heavy (non-hydrogen) atoms. The van der Waals surface area contributed by atoms with E-state index in [2.05, 4.69) is 18.4 Å². The largest absolute Gasteiger partial charge is 0.497 e. The SMILES string of the molecule is COc1cccc(-c2csc(C3(N)CCC(C)CC3)n2)c1. The minimum atomic E-state index is -0.228. The van der Waals surface area contributed by atoms with Crippen LogP contribution in [0.2, 0.25) is 0 Å². The van der Waals surface area contributed by atoms with Gasteiger partial charge in [0.2, 0.25) is 0 Å². The monoisotopic (exact) mass is 302 g/mol. The van der Waals surface area contributed by atoms with Crippen LogP contribution in [0.25, 0.3) is 11.3 Å². The molecule has 0 spiro atoms. The smallest absolute Gasteiger partial charge is 0.119 e. The van der Waals surface area contributed by atoms with E-state index in [1.54, 1.807) is 18.4 Å². The van der Waals surface area contributed by atoms with Crippen LogP contribution in [0.1, 0.15) is 37.6 Å². The molecule has 0 radical (unpaired) electrons. The molecule has 0 amide bonds. The molecule has 3 nitrogen and oxygen atoms in total. The molecule has 1 saturated carbocycles. The Hall–Kier alpha value is -1.39. The zero-order valence-electron chi connectivity index (χ0n) is 12.6. The first-order valence-electron chi connectivity index (χ1n) is 7.50. The highest BCUT2D eigenvalue weighted by Crippen LogP contribution is 2.39. The first-order chi connectivity index (χ1) is 10.1. The second-order valence-electron chi connectivity index (χ2n) is 6.11. The molecule has 0 saturated heterocycles. The van der Waals surface area contributed by atoms with Crippen LogP contribution < -0.4 is 10.5 Å². The van der Waals surface area contributed by atoms with E-state index < -0.39 is 0 Å². The van der Waals surface area contributed by atoms with Gasteiger partial charge >= 0.3 is 0 Å². The Labute approximate surface area is 130 Å². The fourth-order valence-electron chi connectivity index (χ4n) is 2.91. The summed E-state index contributed by atoms with van der Waals surface area (Å²) in [7, 11) is 1.68. The van der Waals surface area contributed by atoms with Gasteiger partial charge in [-0.3, -0.25) is 0 Å². The lowest BCUT2D eigenvalue weighted by Gasteiger charge is -2.34. The summed E-state index contributed by atoms with van der Waals surface area (Å²) < 4.78 is 5.28. The van der Waals surface area contributed by atoms with Crippen LogP contribution in [0.4, 0.5) is 0 Å². The number of thiazole rings is 1. The van der Waals surface area contributed by atoms with Gasteiger partial charge in [-0.05, 0) is 43.7 Å². The molecule has 0 unspecified atom stereocenters. The van der Waals surface area contributed by atoms with Gasteiger partial charge in [0.05, 0.1) is 18.3 Å². The Bertz CT molecular complexity index is 615. The topological polar surface area (TPSA) is 48.1 Å². The van der Waals surface area contributed by atoms with Gasteiger partial charge in [-0.25, -0.2) is 4.98 Å². The van der Waals surface area contributed by atoms with Gasteiger partial charge in [0.15, 0.2) is 0 Å². The normalized spacial score (nSPS) is 25.8. The van der Waals surface area contributed by atoms with Crippen molar-refractivity contribution >= 4 is 11.3 Å². The third kappa shape index (κ3) is 2.97. The van der Waals surface area contributed by atoms with Gasteiger partial charge < -0.3 is 10.5 Å². The molecule has 1 aliphatic rings. The lowest BCUT2D eigenvalue weighted by molar-refractivity contribution is 0.247. The first-order valence-corrected chi connectivity index (χ1v) is 8.38. The summed E-state index contributed by atoms with van der Waals surface area (Å²) in [6, 6.07) is 8.02. The highest BCUT2D eigenvalue weighted by atomic mass is 32.1. The van der Waals surface area contributed by atoms with E-state index in [0.29, 0.717) is 0 Å². The van der Waals surface area contributed by atoms with Crippen LogP contribution in [-0.2, 0) is 5.54 Å². The van der Waals surface area contributed by atoms with Crippen LogP contribution in [-0.4, -0.2) is 12.1 Å². The average molecular weight is 302 g/mol. The van der Waals surface area contributed by atoms with Crippen molar-refractivity contribution in [2.75, 3.05) is 7.11 Å². The molecule has 1 fully saturated rings. The molecular formula is C17H22N2OS. The minimum absolute atomic E-state index is 0.228. The van der Waals surface area contributed by atoms with E-state index in [1.165, 1.54) is 12.8 Å². The van der Waals surface area contributed by atoms with Crippen LogP contribution in [0.15, 0.2) is 29.6 Å². The lowest BCUT2D eigenvalue weighted by atomic mass is 9.78. The predicted molar refractivity (Wildman–Crippen MR) is 87.6 cm³/mol. The van der Waals surface area contributed by atoms with E-state index in [-0.39, 0.29) is 5.54 Å². The molecule has 1 aliphatic carbocycles. The summed E-state index contributed by atoms with van der Waals surface area (Å²) in [6.07, 6.45) is 4.48. The van der Waals surface area contributed by atoms with E-state index >= 15 is 0 Å². The summed E-state index contributed by atoms with van der Waals surface area (Å²) in [5.74, 6) is 1.65. The molecule has 1 aromatic heterocycles. The number of hydrogen-bond acceptors (Lipinski definition) is 4. The summed E-state index contributed by atoms with van der Waals surface area (Å²) in [5, 5.41) is 3.18. The molecule has 112 valence electrons. The predicted octanol–water partition coefficient (Wildman–Crippen LogP) is 4.18. The van der Waals surface area contributed by atoms with Crippen molar-refractivity contribution in [3.63, 3.8) is 0 Å². The maximum Gasteiger partial charge on any atom is 0.119 e. The number of nitrogens with two attached hydrogens (primary N) is 1. The molecule has 3 rings (SSSR count). The average Bonchev–Trinajstić information content (AvgIpc) is 3.01. The van der Waals surface area contributed by atoms with Crippen molar-refractivity contribution in [1.82, 2.24) is 4.98 Å². The van der Waals surface area contributed by atoms with Gasteiger partial charge in [-0.2, -0.15) is 0 Å². The molecule has 1 aromatic carbocycles. The van der Waals surface area contributed by atoms with Crippen molar-refractivity contribution in [2.24, 2.45) is 11.7 Å². The fourth-order valence-corrected chi connectivity index (χ4v) is 3.91. The Morgan fingerprint density at radius 2 is 2.10 bits per heavy atom. The number of aromatic nitrogens is 1. The van der Waals surface area contributed by atoms with Crippen LogP contribution in [0, 0.1) is 5.92 Å². The van der Waals surface area contributed by atoms with Crippen LogP contribution in [0.3, 0.4) is 0 Å². The van der Waals surface area contributed by atoms with Gasteiger partial charge in [-0.15, -0.1) is 11.3 Å². The lowest BCUT2D eigenvalue weighted by Crippen LogP contribution is -2.40. The maximum atomic E-state index is 6.61. The van der Waals surface area contributed by atoms with Gasteiger partial charge in [0.25, 0.3) is 0 Å². The Morgan fingerprint density at radius 3 is 2.81 bits per heavy atom. The van der Waals surface area contributed by atoms with E-state index in [1.807, 2.05) is 18.2 Å². The first kappa shape index (κ1) is 14.5. The molecule has 0 atom stereocenters. The standard InChI is InChI=1S/C17H22N2OS/c1-12-6-8-17(18,9-7-12)16-19-15(11-21-16)13-4-3-5-14(10-13)20-2/h3-5,10-12H,6-9,18H2,1-2H3. The van der Waals surface area contributed by atoms with Crippen molar-refractivity contribution in [3.05, 3.63) is 34.7 Å². The summed E-state index contributed by atoms with van der Waals surface area (Å²) in [6.45, 7) is 2.31. The second-order valence-corrected chi connectivity index (χ2v) is 6.97. The van der Waals surface area contributed by atoms with Crippen molar-refractivity contribution in [3.8, 4) is 17.0 Å². The quantitative estimate of drug-likeness (QED) is 0.925. The van der Waals surface area contributed by atoms with Crippen LogP contribution >= 0.6 is 11.3 Å². The summed E-state index contributed by atoms with van der Waals surface area (Å²) >= 11 is 1.69. The second kappa shape index (κ2) is 5.78. The number of hydrogen-bond donors (Lipinski definition) is 1. The van der Waals surface area contributed by atoms with Crippen molar-refractivity contribution in [2.45, 2.75) is 38.1 Å². The molecule has 1 heterocycles.